The Kier molecular flexibility index (Phi) is 5.60. The molecule has 1 fully saturated rings. The molecule has 0 aromatic heterocycles. The summed E-state index contributed by atoms with van der Waals surface area (Å²) in [5, 5.41) is 9.41. The number of hydrogen-bond acceptors (Lipinski definition) is 3. The van der Waals surface area contributed by atoms with Gasteiger partial charge in [0.2, 0.25) is 5.91 Å². The van der Waals surface area contributed by atoms with Gasteiger partial charge < -0.3 is 9.80 Å². The Morgan fingerprint density at radius 1 is 1.17 bits per heavy atom. The molecule has 0 N–H and O–H groups in total. The van der Waals surface area contributed by atoms with Crippen LogP contribution in [-0.4, -0.2) is 41.8 Å². The van der Waals surface area contributed by atoms with E-state index < -0.39 is 6.04 Å². The van der Waals surface area contributed by atoms with E-state index in [1.54, 1.807) is 56.6 Å². The minimum absolute atomic E-state index is 0.179. The average molecular weight is 389 g/mol. The molecule has 0 bridgehead atoms. The van der Waals surface area contributed by atoms with E-state index >= 15 is 0 Å². The lowest BCUT2D eigenvalue weighted by atomic mass is 9.97. The maximum Gasteiger partial charge on any atom is 0.271 e. The lowest BCUT2D eigenvalue weighted by Crippen LogP contribution is -2.56. The van der Waals surface area contributed by atoms with Crippen molar-refractivity contribution < 1.29 is 14.0 Å². The zero-order valence-corrected chi connectivity index (χ0v) is 16.2. The molecule has 1 heterocycles. The molecule has 3 rings (SSSR count). The van der Waals surface area contributed by atoms with E-state index in [2.05, 4.69) is 12.6 Å². The molecule has 5 nitrogen and oxygen atoms in total. The molecule has 6 heteroatoms. The van der Waals surface area contributed by atoms with Gasteiger partial charge >= 0.3 is 0 Å². The summed E-state index contributed by atoms with van der Waals surface area (Å²) in [5.41, 5.74) is 2.56. The fourth-order valence-electron chi connectivity index (χ4n) is 3.36. The van der Waals surface area contributed by atoms with Crippen molar-refractivity contribution in [2.24, 2.45) is 0 Å². The van der Waals surface area contributed by atoms with Crippen LogP contribution in [0.1, 0.15) is 22.3 Å². The Hall–Kier alpha value is -3.72. The SMILES string of the molecule is C=Cc1cccc(C#N)c1C=C1C(=O)N(C)C(Cc2ccc(F)cc2)C(=O)N1C. The van der Waals surface area contributed by atoms with E-state index in [0.717, 1.165) is 5.56 Å². The van der Waals surface area contributed by atoms with Crippen LogP contribution in [0.3, 0.4) is 0 Å². The van der Waals surface area contributed by atoms with Gasteiger partial charge in [0.15, 0.2) is 0 Å². The molecule has 0 spiro atoms. The smallest absolute Gasteiger partial charge is 0.271 e. The van der Waals surface area contributed by atoms with Crippen molar-refractivity contribution in [2.75, 3.05) is 14.1 Å². The van der Waals surface area contributed by atoms with Crippen molar-refractivity contribution in [1.82, 2.24) is 9.80 Å². The first kappa shape index (κ1) is 20.0. The number of hydrogen-bond donors (Lipinski definition) is 0. The third kappa shape index (κ3) is 3.81. The van der Waals surface area contributed by atoms with Crippen LogP contribution >= 0.6 is 0 Å². The standard InChI is InChI=1S/C23H20FN3O2/c1-4-16-6-5-7-17(14-25)19(16)13-21-23(29)26(2)20(22(28)27(21)3)12-15-8-10-18(24)11-9-15/h4-11,13,20H,1,12H2,2-3H3. The Morgan fingerprint density at radius 3 is 2.48 bits per heavy atom. The molecule has 2 aromatic rings. The predicted molar refractivity (Wildman–Crippen MR) is 109 cm³/mol. The van der Waals surface area contributed by atoms with Crippen molar-refractivity contribution in [3.8, 4) is 6.07 Å². The first-order chi connectivity index (χ1) is 13.9. The third-order valence-corrected chi connectivity index (χ3v) is 5.09. The molecular weight excluding hydrogens is 369 g/mol. The quantitative estimate of drug-likeness (QED) is 0.755. The number of rotatable bonds is 4. The van der Waals surface area contributed by atoms with Gasteiger partial charge in [-0.3, -0.25) is 9.59 Å². The Labute approximate surface area is 169 Å². The molecule has 29 heavy (non-hydrogen) atoms. The summed E-state index contributed by atoms with van der Waals surface area (Å²) in [7, 11) is 3.11. The van der Waals surface area contributed by atoms with Gasteiger partial charge in [-0.1, -0.05) is 36.9 Å². The van der Waals surface area contributed by atoms with Gasteiger partial charge in [-0.25, -0.2) is 4.39 Å². The summed E-state index contributed by atoms with van der Waals surface area (Å²) in [4.78, 5) is 28.7. The maximum absolute atomic E-state index is 13.1. The van der Waals surface area contributed by atoms with Crippen LogP contribution in [-0.2, 0) is 16.0 Å². The zero-order chi connectivity index (χ0) is 21.1. The molecule has 0 aliphatic carbocycles. The number of amides is 2. The van der Waals surface area contributed by atoms with E-state index in [-0.39, 0.29) is 29.7 Å². The second kappa shape index (κ2) is 8.11. The van der Waals surface area contributed by atoms with E-state index in [9.17, 15) is 19.2 Å². The predicted octanol–water partition coefficient (Wildman–Crippen LogP) is 3.22. The number of halogens is 1. The topological polar surface area (TPSA) is 64.4 Å². The van der Waals surface area contributed by atoms with Gasteiger partial charge in [0.25, 0.3) is 5.91 Å². The molecule has 2 amide bonds. The van der Waals surface area contributed by atoms with Gasteiger partial charge in [0, 0.05) is 26.1 Å². The van der Waals surface area contributed by atoms with Crippen molar-refractivity contribution >= 4 is 24.0 Å². The molecule has 1 aliphatic heterocycles. The summed E-state index contributed by atoms with van der Waals surface area (Å²) in [6.07, 6.45) is 3.44. The van der Waals surface area contributed by atoms with E-state index in [1.807, 2.05) is 0 Å². The van der Waals surface area contributed by atoms with Crippen LogP contribution in [0.15, 0.2) is 54.7 Å². The number of benzene rings is 2. The minimum Gasteiger partial charge on any atom is -0.328 e. The van der Waals surface area contributed by atoms with Crippen LogP contribution in [0.25, 0.3) is 12.2 Å². The lowest BCUT2D eigenvalue weighted by molar-refractivity contribution is -0.148. The van der Waals surface area contributed by atoms with Crippen molar-refractivity contribution in [1.29, 1.82) is 5.26 Å². The van der Waals surface area contributed by atoms with Crippen LogP contribution < -0.4 is 0 Å². The van der Waals surface area contributed by atoms with Crippen LogP contribution in [0.2, 0.25) is 0 Å². The summed E-state index contributed by atoms with van der Waals surface area (Å²) in [5.74, 6) is -0.941. The molecular formula is C23H20FN3O2. The number of carbonyl (C=O) groups excluding carboxylic acids is 2. The van der Waals surface area contributed by atoms with Crippen molar-refractivity contribution in [3.63, 3.8) is 0 Å². The molecule has 1 saturated heterocycles. The highest BCUT2D eigenvalue weighted by atomic mass is 19.1. The number of carbonyl (C=O) groups is 2. The molecule has 1 aliphatic rings. The van der Waals surface area contributed by atoms with Gasteiger partial charge in [-0.2, -0.15) is 5.26 Å². The fourth-order valence-corrected chi connectivity index (χ4v) is 3.36. The zero-order valence-electron chi connectivity index (χ0n) is 16.2. The number of likely N-dealkylation sites (N-methyl/N-ethyl adjacent to an activating group) is 2. The van der Waals surface area contributed by atoms with Crippen LogP contribution in [0, 0.1) is 17.1 Å². The van der Waals surface area contributed by atoms with Crippen LogP contribution in [0.4, 0.5) is 4.39 Å². The average Bonchev–Trinajstić information content (AvgIpc) is 2.74. The van der Waals surface area contributed by atoms with Gasteiger partial charge in [-0.05, 0) is 35.4 Å². The normalized spacial score (nSPS) is 18.1. The highest BCUT2D eigenvalue weighted by Gasteiger charge is 2.39. The second-order valence-electron chi connectivity index (χ2n) is 6.81. The molecule has 146 valence electrons. The summed E-state index contributed by atoms with van der Waals surface area (Å²) in [6, 6.07) is 12.4. The number of piperazine rings is 1. The third-order valence-electron chi connectivity index (χ3n) is 5.09. The Morgan fingerprint density at radius 2 is 1.86 bits per heavy atom. The second-order valence-corrected chi connectivity index (χ2v) is 6.81. The number of nitriles is 1. The molecule has 1 atom stereocenters. The van der Waals surface area contributed by atoms with Gasteiger partial charge in [-0.15, -0.1) is 0 Å². The minimum atomic E-state index is -0.694. The molecule has 0 saturated carbocycles. The maximum atomic E-state index is 13.1. The lowest BCUT2D eigenvalue weighted by Gasteiger charge is -2.38. The highest BCUT2D eigenvalue weighted by molar-refractivity contribution is 6.07. The largest absolute Gasteiger partial charge is 0.328 e. The van der Waals surface area contributed by atoms with Gasteiger partial charge in [0.05, 0.1) is 11.6 Å². The van der Waals surface area contributed by atoms with Crippen molar-refractivity contribution in [3.05, 3.63) is 82.8 Å². The molecule has 1 unspecified atom stereocenters. The van der Waals surface area contributed by atoms with E-state index in [1.165, 1.54) is 21.9 Å². The Balaban J connectivity index is 1.97. The Bertz CT molecular complexity index is 1050. The van der Waals surface area contributed by atoms with Crippen LogP contribution in [0.5, 0.6) is 0 Å². The van der Waals surface area contributed by atoms with E-state index in [0.29, 0.717) is 16.7 Å². The monoisotopic (exact) mass is 389 g/mol. The number of nitrogens with zero attached hydrogens (tertiary/aromatic N) is 3. The summed E-state index contributed by atoms with van der Waals surface area (Å²) < 4.78 is 13.1. The first-order valence-corrected chi connectivity index (χ1v) is 9.03. The summed E-state index contributed by atoms with van der Waals surface area (Å²) in [6.45, 7) is 3.75. The van der Waals surface area contributed by atoms with Crippen molar-refractivity contribution in [2.45, 2.75) is 12.5 Å². The molecule has 2 aromatic carbocycles. The van der Waals surface area contributed by atoms with Gasteiger partial charge in [0.1, 0.15) is 17.6 Å². The summed E-state index contributed by atoms with van der Waals surface area (Å²) >= 11 is 0. The first-order valence-electron chi connectivity index (χ1n) is 9.03. The van der Waals surface area contributed by atoms with E-state index in [4.69, 9.17) is 0 Å². The highest BCUT2D eigenvalue weighted by Crippen LogP contribution is 2.26. The fraction of sp³-hybridized carbons (Fsp3) is 0.174. The molecule has 0 radical (unpaired) electrons.